The van der Waals surface area contributed by atoms with Gasteiger partial charge in [-0.2, -0.15) is 0 Å². The number of nitrogens with one attached hydrogen (secondary N) is 1. The number of hydrogen-bond donors (Lipinski definition) is 1. The molecule has 0 saturated heterocycles. The number of rotatable bonds is 7. The van der Waals surface area contributed by atoms with Crippen molar-refractivity contribution in [3.05, 3.63) is 65.2 Å². The molecule has 7 heteroatoms. The lowest BCUT2D eigenvalue weighted by molar-refractivity contribution is -0.151. The minimum atomic E-state index is -0.657. The Morgan fingerprint density at radius 1 is 1.03 bits per heavy atom. The van der Waals surface area contributed by atoms with E-state index in [1.165, 1.54) is 5.56 Å². The van der Waals surface area contributed by atoms with Crippen LogP contribution in [0, 0.1) is 0 Å². The van der Waals surface area contributed by atoms with Gasteiger partial charge in [0.1, 0.15) is 12.3 Å². The highest BCUT2D eigenvalue weighted by atomic mass is 16.5. The van der Waals surface area contributed by atoms with Crippen LogP contribution < -0.4 is 10.1 Å². The zero-order valence-corrected chi connectivity index (χ0v) is 16.3. The molecule has 0 aliphatic carbocycles. The molecular weight excluding hydrogens is 372 g/mol. The molecule has 2 aromatic carbocycles. The Kier molecular flexibility index (Phi) is 6.84. The van der Waals surface area contributed by atoms with Crippen molar-refractivity contribution in [1.29, 1.82) is 0 Å². The predicted octanol–water partition coefficient (Wildman–Crippen LogP) is 1.94. The summed E-state index contributed by atoms with van der Waals surface area (Å²) in [6, 6.07) is 14.6. The van der Waals surface area contributed by atoms with Gasteiger partial charge in [0.25, 0.3) is 11.8 Å². The average molecular weight is 396 g/mol. The predicted molar refractivity (Wildman–Crippen MR) is 106 cm³/mol. The number of hydrogen-bond acceptors (Lipinski definition) is 5. The first-order valence-corrected chi connectivity index (χ1v) is 9.58. The van der Waals surface area contributed by atoms with E-state index in [4.69, 9.17) is 9.47 Å². The maximum Gasteiger partial charge on any atom is 0.325 e. The third-order valence-corrected chi connectivity index (χ3v) is 4.66. The van der Waals surface area contributed by atoms with Crippen LogP contribution in [0.4, 0.5) is 0 Å². The molecule has 0 fully saturated rings. The molecule has 152 valence electrons. The van der Waals surface area contributed by atoms with Gasteiger partial charge in [0.15, 0.2) is 6.61 Å². The van der Waals surface area contributed by atoms with Crippen molar-refractivity contribution in [2.45, 2.75) is 19.9 Å². The minimum absolute atomic E-state index is 0.245. The minimum Gasteiger partial charge on any atom is -0.494 e. The quantitative estimate of drug-likeness (QED) is 0.723. The lowest BCUT2D eigenvalue weighted by Gasteiger charge is -2.28. The normalized spacial score (nSPS) is 12.7. The molecule has 2 aromatic rings. The molecule has 1 N–H and O–H groups in total. The van der Waals surface area contributed by atoms with Gasteiger partial charge in [-0.05, 0) is 48.7 Å². The number of amides is 2. The standard InChI is InChI=1S/C22H24N2O5/c1-2-28-19-9-7-17(8-10-19)22(27)23-13-21(26)29-15-20(25)24-12-11-16-5-3-4-6-18(16)14-24/h3-10H,2,11-15H2,1H3,(H,23,27). The summed E-state index contributed by atoms with van der Waals surface area (Å²) in [7, 11) is 0. The summed E-state index contributed by atoms with van der Waals surface area (Å²) >= 11 is 0. The highest BCUT2D eigenvalue weighted by Gasteiger charge is 2.21. The first-order chi connectivity index (χ1) is 14.1. The van der Waals surface area contributed by atoms with Crippen LogP contribution in [-0.2, 0) is 27.3 Å². The van der Waals surface area contributed by atoms with E-state index in [0.717, 1.165) is 12.0 Å². The summed E-state index contributed by atoms with van der Waals surface area (Å²) in [5.74, 6) is -0.632. The Morgan fingerprint density at radius 3 is 2.48 bits per heavy atom. The fourth-order valence-corrected chi connectivity index (χ4v) is 3.12. The molecule has 29 heavy (non-hydrogen) atoms. The van der Waals surface area contributed by atoms with Gasteiger partial charge < -0.3 is 19.7 Å². The van der Waals surface area contributed by atoms with Gasteiger partial charge >= 0.3 is 5.97 Å². The van der Waals surface area contributed by atoms with Gasteiger partial charge in [0.05, 0.1) is 6.61 Å². The van der Waals surface area contributed by atoms with Crippen molar-refractivity contribution >= 4 is 17.8 Å². The lowest BCUT2D eigenvalue weighted by Crippen LogP contribution is -2.39. The molecule has 0 unspecified atom stereocenters. The van der Waals surface area contributed by atoms with E-state index >= 15 is 0 Å². The number of nitrogens with zero attached hydrogens (tertiary/aromatic N) is 1. The SMILES string of the molecule is CCOc1ccc(C(=O)NCC(=O)OCC(=O)N2CCc3ccccc3C2)cc1. The van der Waals surface area contributed by atoms with Crippen LogP contribution in [-0.4, -0.2) is 49.0 Å². The number of ether oxygens (including phenoxy) is 2. The van der Waals surface area contributed by atoms with E-state index in [9.17, 15) is 14.4 Å². The van der Waals surface area contributed by atoms with Crippen LogP contribution in [0.5, 0.6) is 5.75 Å². The van der Waals surface area contributed by atoms with E-state index in [1.807, 2.05) is 25.1 Å². The summed E-state index contributed by atoms with van der Waals surface area (Å²) in [6.07, 6.45) is 0.786. The van der Waals surface area contributed by atoms with Gasteiger partial charge in [-0.15, -0.1) is 0 Å². The van der Waals surface area contributed by atoms with Crippen molar-refractivity contribution in [2.75, 3.05) is 26.3 Å². The Bertz CT molecular complexity index is 879. The Hall–Kier alpha value is -3.35. The second-order valence-corrected chi connectivity index (χ2v) is 6.63. The molecule has 2 amide bonds. The molecule has 0 spiro atoms. The zero-order chi connectivity index (χ0) is 20.6. The van der Waals surface area contributed by atoms with Gasteiger partial charge in [0.2, 0.25) is 0 Å². The van der Waals surface area contributed by atoms with Crippen molar-refractivity contribution in [1.82, 2.24) is 10.2 Å². The number of carbonyl (C=O) groups excluding carboxylic acids is 3. The van der Waals surface area contributed by atoms with Crippen molar-refractivity contribution in [3.63, 3.8) is 0 Å². The first kappa shape index (κ1) is 20.4. The van der Waals surface area contributed by atoms with Gasteiger partial charge in [-0.25, -0.2) is 0 Å². The van der Waals surface area contributed by atoms with Gasteiger partial charge in [-0.3, -0.25) is 14.4 Å². The maximum atomic E-state index is 12.3. The number of fused-ring (bicyclic) bond motifs is 1. The molecular formula is C22H24N2O5. The molecule has 0 bridgehead atoms. The van der Waals surface area contributed by atoms with E-state index in [2.05, 4.69) is 11.4 Å². The fraction of sp³-hybridized carbons (Fsp3) is 0.318. The third-order valence-electron chi connectivity index (χ3n) is 4.66. The highest BCUT2D eigenvalue weighted by molar-refractivity contribution is 5.96. The van der Waals surface area contributed by atoms with Crippen LogP contribution in [0.15, 0.2) is 48.5 Å². The topological polar surface area (TPSA) is 84.9 Å². The maximum absolute atomic E-state index is 12.3. The molecule has 0 atom stereocenters. The third kappa shape index (κ3) is 5.57. The Labute approximate surface area is 169 Å². The first-order valence-electron chi connectivity index (χ1n) is 9.58. The van der Waals surface area contributed by atoms with Crippen LogP contribution in [0.25, 0.3) is 0 Å². The zero-order valence-electron chi connectivity index (χ0n) is 16.3. The van der Waals surface area contributed by atoms with Crippen LogP contribution in [0.3, 0.4) is 0 Å². The number of benzene rings is 2. The van der Waals surface area contributed by atoms with Gasteiger partial charge in [-0.1, -0.05) is 24.3 Å². The van der Waals surface area contributed by atoms with Crippen molar-refractivity contribution in [3.8, 4) is 5.75 Å². The second kappa shape index (κ2) is 9.73. The summed E-state index contributed by atoms with van der Waals surface area (Å²) in [6.45, 7) is 2.90. The van der Waals surface area contributed by atoms with E-state index in [0.29, 0.717) is 31.0 Å². The Balaban J connectivity index is 1.40. The second-order valence-electron chi connectivity index (χ2n) is 6.63. The Morgan fingerprint density at radius 2 is 1.76 bits per heavy atom. The smallest absolute Gasteiger partial charge is 0.325 e. The number of carbonyl (C=O) groups is 3. The summed E-state index contributed by atoms with van der Waals surface area (Å²) in [4.78, 5) is 37.9. The summed E-state index contributed by atoms with van der Waals surface area (Å²) in [5, 5.41) is 2.49. The molecule has 1 aliphatic heterocycles. The summed E-state index contributed by atoms with van der Waals surface area (Å²) in [5.41, 5.74) is 2.76. The van der Waals surface area contributed by atoms with Gasteiger partial charge in [0, 0.05) is 18.7 Å². The largest absolute Gasteiger partial charge is 0.494 e. The highest BCUT2D eigenvalue weighted by Crippen LogP contribution is 2.18. The van der Waals surface area contributed by atoms with Crippen molar-refractivity contribution < 1.29 is 23.9 Å². The van der Waals surface area contributed by atoms with E-state index < -0.39 is 11.9 Å². The van der Waals surface area contributed by atoms with E-state index in [1.54, 1.807) is 29.2 Å². The van der Waals surface area contributed by atoms with Crippen LogP contribution in [0.2, 0.25) is 0 Å². The fourth-order valence-electron chi connectivity index (χ4n) is 3.12. The molecule has 3 rings (SSSR count). The molecule has 0 aromatic heterocycles. The number of esters is 1. The lowest BCUT2D eigenvalue weighted by atomic mass is 10.00. The summed E-state index contributed by atoms with van der Waals surface area (Å²) < 4.78 is 10.3. The monoisotopic (exact) mass is 396 g/mol. The average Bonchev–Trinajstić information content (AvgIpc) is 2.76. The molecule has 1 heterocycles. The van der Waals surface area contributed by atoms with Crippen LogP contribution in [0.1, 0.15) is 28.4 Å². The van der Waals surface area contributed by atoms with E-state index in [-0.39, 0.29) is 19.1 Å². The molecule has 1 aliphatic rings. The molecule has 0 radical (unpaired) electrons. The molecule has 0 saturated carbocycles. The molecule has 7 nitrogen and oxygen atoms in total. The van der Waals surface area contributed by atoms with Crippen molar-refractivity contribution in [2.24, 2.45) is 0 Å². The van der Waals surface area contributed by atoms with Crippen LogP contribution >= 0.6 is 0 Å².